The highest BCUT2D eigenvalue weighted by molar-refractivity contribution is 5.36. The van der Waals surface area contributed by atoms with E-state index in [1.807, 2.05) is 0 Å². The van der Waals surface area contributed by atoms with Crippen molar-refractivity contribution in [2.75, 3.05) is 6.61 Å². The van der Waals surface area contributed by atoms with Gasteiger partial charge in [-0.3, -0.25) is 10.1 Å². The lowest BCUT2D eigenvalue weighted by atomic mass is 10.0. The van der Waals surface area contributed by atoms with Crippen molar-refractivity contribution in [3.05, 3.63) is 39.7 Å². The standard InChI is InChI=1S/C10H12FNO5/c11-7-5-6(1-2-8(7)12(16)17)10(15)9(14)3-4-13/h1-2,5,9-10,13-15H,3-4H2. The van der Waals surface area contributed by atoms with E-state index in [-0.39, 0.29) is 18.6 Å². The molecule has 0 aliphatic rings. The second-order valence-electron chi connectivity index (χ2n) is 3.49. The molecule has 0 saturated heterocycles. The minimum absolute atomic E-state index is 0.0223. The Morgan fingerprint density at radius 3 is 2.53 bits per heavy atom. The third-order valence-corrected chi connectivity index (χ3v) is 2.30. The Bertz CT molecular complexity index is 412. The zero-order chi connectivity index (χ0) is 13.0. The Hall–Kier alpha value is -1.57. The summed E-state index contributed by atoms with van der Waals surface area (Å²) < 4.78 is 13.2. The quantitative estimate of drug-likeness (QED) is 0.518. The molecule has 0 amide bonds. The van der Waals surface area contributed by atoms with E-state index in [4.69, 9.17) is 5.11 Å². The van der Waals surface area contributed by atoms with Gasteiger partial charge in [0.25, 0.3) is 0 Å². The van der Waals surface area contributed by atoms with Crippen LogP contribution in [0, 0.1) is 15.9 Å². The first-order chi connectivity index (χ1) is 7.97. The molecule has 0 aliphatic carbocycles. The van der Waals surface area contributed by atoms with Crippen LogP contribution in [0.5, 0.6) is 0 Å². The highest BCUT2D eigenvalue weighted by atomic mass is 19.1. The smallest absolute Gasteiger partial charge is 0.304 e. The molecule has 0 aliphatic heterocycles. The summed E-state index contributed by atoms with van der Waals surface area (Å²) in [4.78, 5) is 9.48. The number of halogens is 1. The number of hydrogen-bond donors (Lipinski definition) is 3. The van der Waals surface area contributed by atoms with E-state index in [1.165, 1.54) is 0 Å². The van der Waals surface area contributed by atoms with Crippen LogP contribution in [0.3, 0.4) is 0 Å². The fourth-order valence-corrected chi connectivity index (χ4v) is 1.37. The van der Waals surface area contributed by atoms with Gasteiger partial charge in [0.2, 0.25) is 5.82 Å². The third-order valence-electron chi connectivity index (χ3n) is 2.30. The van der Waals surface area contributed by atoms with Crippen LogP contribution < -0.4 is 0 Å². The molecule has 94 valence electrons. The maximum Gasteiger partial charge on any atom is 0.304 e. The van der Waals surface area contributed by atoms with Crippen LogP contribution in [-0.4, -0.2) is 33.0 Å². The monoisotopic (exact) mass is 245 g/mol. The van der Waals surface area contributed by atoms with E-state index in [2.05, 4.69) is 0 Å². The van der Waals surface area contributed by atoms with Crippen LogP contribution in [0.4, 0.5) is 10.1 Å². The van der Waals surface area contributed by atoms with Crippen molar-refractivity contribution >= 4 is 5.69 Å². The molecule has 1 aromatic rings. The van der Waals surface area contributed by atoms with Crippen molar-refractivity contribution in [1.82, 2.24) is 0 Å². The number of nitrogens with zero attached hydrogens (tertiary/aromatic N) is 1. The fraction of sp³-hybridized carbons (Fsp3) is 0.400. The Labute approximate surface area is 96.1 Å². The minimum atomic E-state index is -1.39. The first kappa shape index (κ1) is 13.5. The van der Waals surface area contributed by atoms with Crippen LogP contribution in [0.15, 0.2) is 18.2 Å². The molecule has 3 N–H and O–H groups in total. The van der Waals surface area contributed by atoms with Crippen LogP contribution in [-0.2, 0) is 0 Å². The molecule has 1 rings (SSSR count). The predicted octanol–water partition coefficient (Wildman–Crippen LogP) is 0.511. The van der Waals surface area contributed by atoms with E-state index < -0.39 is 28.6 Å². The largest absolute Gasteiger partial charge is 0.396 e. The molecule has 0 heterocycles. The van der Waals surface area contributed by atoms with Gasteiger partial charge in [-0.05, 0) is 24.1 Å². The van der Waals surface area contributed by atoms with Gasteiger partial charge in [0.1, 0.15) is 6.10 Å². The summed E-state index contributed by atoms with van der Waals surface area (Å²) in [5.41, 5.74) is -0.674. The third kappa shape index (κ3) is 3.19. The van der Waals surface area contributed by atoms with Crippen molar-refractivity contribution in [2.45, 2.75) is 18.6 Å². The Kier molecular flexibility index (Phi) is 4.50. The molecule has 2 atom stereocenters. The second-order valence-corrected chi connectivity index (χ2v) is 3.49. The van der Waals surface area contributed by atoms with Gasteiger partial charge in [-0.25, -0.2) is 0 Å². The van der Waals surface area contributed by atoms with Crippen molar-refractivity contribution in [1.29, 1.82) is 0 Å². The van der Waals surface area contributed by atoms with Crippen LogP contribution in [0.1, 0.15) is 18.1 Å². The highest BCUT2D eigenvalue weighted by Crippen LogP contribution is 2.24. The molecular weight excluding hydrogens is 233 g/mol. The van der Waals surface area contributed by atoms with Crippen molar-refractivity contribution in [3.8, 4) is 0 Å². The van der Waals surface area contributed by atoms with Crippen LogP contribution >= 0.6 is 0 Å². The van der Waals surface area contributed by atoms with Crippen molar-refractivity contribution in [3.63, 3.8) is 0 Å². The molecule has 0 saturated carbocycles. The zero-order valence-corrected chi connectivity index (χ0v) is 8.78. The summed E-state index contributed by atoms with van der Waals surface area (Å²) in [5.74, 6) is -1.08. The first-order valence-corrected chi connectivity index (χ1v) is 4.88. The van der Waals surface area contributed by atoms with E-state index >= 15 is 0 Å². The molecule has 0 aromatic heterocycles. The van der Waals surface area contributed by atoms with E-state index in [1.54, 1.807) is 0 Å². The number of aliphatic hydroxyl groups excluding tert-OH is 3. The molecule has 0 bridgehead atoms. The predicted molar refractivity (Wildman–Crippen MR) is 55.7 cm³/mol. The summed E-state index contributed by atoms with van der Waals surface area (Å²) in [6.07, 6.45) is -2.71. The number of rotatable bonds is 5. The maximum atomic E-state index is 13.2. The number of nitro benzene ring substituents is 1. The van der Waals surface area contributed by atoms with Gasteiger partial charge in [0.15, 0.2) is 0 Å². The number of benzene rings is 1. The summed E-state index contributed by atoms with van der Waals surface area (Å²) in [6.45, 7) is -0.326. The van der Waals surface area contributed by atoms with Crippen LogP contribution in [0.25, 0.3) is 0 Å². The summed E-state index contributed by atoms with van der Waals surface area (Å²) >= 11 is 0. The van der Waals surface area contributed by atoms with Gasteiger partial charge >= 0.3 is 5.69 Å². The summed E-state index contributed by atoms with van der Waals surface area (Å²) in [6, 6.07) is 2.87. The van der Waals surface area contributed by atoms with E-state index in [0.29, 0.717) is 0 Å². The normalized spacial score (nSPS) is 14.4. The van der Waals surface area contributed by atoms with E-state index in [0.717, 1.165) is 18.2 Å². The van der Waals surface area contributed by atoms with Crippen molar-refractivity contribution < 1.29 is 24.6 Å². The molecular formula is C10H12FNO5. The van der Waals surface area contributed by atoms with Gasteiger partial charge in [-0.15, -0.1) is 0 Å². The van der Waals surface area contributed by atoms with Gasteiger partial charge in [-0.2, -0.15) is 4.39 Å². The number of aliphatic hydroxyl groups is 3. The minimum Gasteiger partial charge on any atom is -0.396 e. The first-order valence-electron chi connectivity index (χ1n) is 4.88. The Balaban J connectivity index is 2.93. The average Bonchev–Trinajstić information content (AvgIpc) is 2.27. The lowest BCUT2D eigenvalue weighted by molar-refractivity contribution is -0.387. The fourth-order valence-electron chi connectivity index (χ4n) is 1.37. The van der Waals surface area contributed by atoms with Crippen molar-refractivity contribution in [2.24, 2.45) is 0 Å². The molecule has 0 fully saturated rings. The number of hydrogen-bond acceptors (Lipinski definition) is 5. The average molecular weight is 245 g/mol. The molecule has 0 radical (unpaired) electrons. The molecule has 7 heteroatoms. The van der Waals surface area contributed by atoms with Gasteiger partial charge in [-0.1, -0.05) is 0 Å². The van der Waals surface area contributed by atoms with Gasteiger partial charge in [0.05, 0.1) is 11.0 Å². The summed E-state index contributed by atoms with van der Waals surface area (Å²) in [5, 5.41) is 37.9. The second kappa shape index (κ2) is 5.67. The topological polar surface area (TPSA) is 104 Å². The Morgan fingerprint density at radius 1 is 1.41 bits per heavy atom. The summed E-state index contributed by atoms with van der Waals surface area (Å²) in [7, 11) is 0. The molecule has 2 unspecified atom stereocenters. The molecule has 17 heavy (non-hydrogen) atoms. The SMILES string of the molecule is O=[N+]([O-])c1ccc(C(O)C(O)CCO)cc1F. The van der Waals surface area contributed by atoms with Crippen LogP contribution in [0.2, 0.25) is 0 Å². The number of nitro groups is 1. The Morgan fingerprint density at radius 2 is 2.06 bits per heavy atom. The molecule has 1 aromatic carbocycles. The van der Waals surface area contributed by atoms with Gasteiger partial charge in [0, 0.05) is 12.7 Å². The lowest BCUT2D eigenvalue weighted by Gasteiger charge is -2.17. The zero-order valence-electron chi connectivity index (χ0n) is 8.78. The van der Waals surface area contributed by atoms with E-state index in [9.17, 15) is 24.7 Å². The molecule has 0 spiro atoms. The van der Waals surface area contributed by atoms with Gasteiger partial charge < -0.3 is 15.3 Å². The maximum absolute atomic E-state index is 13.2. The molecule has 6 nitrogen and oxygen atoms in total. The highest BCUT2D eigenvalue weighted by Gasteiger charge is 2.21. The lowest BCUT2D eigenvalue weighted by Crippen LogP contribution is -2.19.